The lowest BCUT2D eigenvalue weighted by Crippen LogP contribution is -2.34. The minimum absolute atomic E-state index is 0. The third-order valence-electron chi connectivity index (χ3n) is 1.80. The van der Waals surface area contributed by atoms with Crippen molar-refractivity contribution in [1.82, 2.24) is 4.90 Å². The smallest absolute Gasteiger partial charge is 0.0196 e. The second-order valence-electron chi connectivity index (χ2n) is 3.26. The average Bonchev–Trinajstić information content (AvgIpc) is 2.40. The molecule has 0 aliphatic heterocycles. The first-order valence-corrected chi connectivity index (χ1v) is 3.60. The number of halogens is 2. The molecule has 0 aromatic carbocycles. The summed E-state index contributed by atoms with van der Waals surface area (Å²) in [6, 6.07) is 0.431. The standard InChI is InChI=1S/C7H16N2.2ClH/c1-9(2)5-7(8)6-3-4-6;;/h6-7H,3-5,8H2,1-2H3;2*1H. The van der Waals surface area contributed by atoms with Crippen molar-refractivity contribution in [1.29, 1.82) is 0 Å². The molecule has 0 bridgehead atoms. The van der Waals surface area contributed by atoms with Gasteiger partial charge in [0.05, 0.1) is 0 Å². The maximum Gasteiger partial charge on any atom is 0.0196 e. The van der Waals surface area contributed by atoms with Crippen LogP contribution in [-0.4, -0.2) is 31.6 Å². The topological polar surface area (TPSA) is 29.3 Å². The van der Waals surface area contributed by atoms with Crippen LogP contribution in [0.1, 0.15) is 12.8 Å². The zero-order chi connectivity index (χ0) is 6.85. The molecule has 0 aromatic heterocycles. The van der Waals surface area contributed by atoms with Crippen LogP contribution in [0.2, 0.25) is 0 Å². The Kier molecular flexibility index (Phi) is 7.75. The van der Waals surface area contributed by atoms with E-state index < -0.39 is 0 Å². The van der Waals surface area contributed by atoms with Crippen molar-refractivity contribution in [3.63, 3.8) is 0 Å². The summed E-state index contributed by atoms with van der Waals surface area (Å²) < 4.78 is 0. The fourth-order valence-corrected chi connectivity index (χ4v) is 1.10. The van der Waals surface area contributed by atoms with E-state index in [9.17, 15) is 0 Å². The van der Waals surface area contributed by atoms with Gasteiger partial charge in [0.15, 0.2) is 0 Å². The van der Waals surface area contributed by atoms with Crippen molar-refractivity contribution >= 4 is 24.8 Å². The Morgan fingerprint density at radius 3 is 2.09 bits per heavy atom. The van der Waals surface area contributed by atoms with Gasteiger partial charge in [0.25, 0.3) is 0 Å². The summed E-state index contributed by atoms with van der Waals surface area (Å²) in [6.07, 6.45) is 2.71. The first-order chi connectivity index (χ1) is 4.20. The van der Waals surface area contributed by atoms with Crippen LogP contribution in [0, 0.1) is 5.92 Å². The van der Waals surface area contributed by atoms with Gasteiger partial charge in [-0.2, -0.15) is 0 Å². The van der Waals surface area contributed by atoms with E-state index in [2.05, 4.69) is 19.0 Å². The lowest BCUT2D eigenvalue weighted by molar-refractivity contribution is 0.355. The average molecular weight is 201 g/mol. The van der Waals surface area contributed by atoms with Crippen LogP contribution in [0.4, 0.5) is 0 Å². The van der Waals surface area contributed by atoms with Crippen molar-refractivity contribution in [2.45, 2.75) is 18.9 Å². The number of nitrogens with two attached hydrogens (primary N) is 1. The van der Waals surface area contributed by atoms with E-state index in [0.717, 1.165) is 12.5 Å². The molecule has 0 spiro atoms. The van der Waals surface area contributed by atoms with Crippen LogP contribution >= 0.6 is 24.8 Å². The first-order valence-electron chi connectivity index (χ1n) is 3.60. The number of likely N-dealkylation sites (N-methyl/N-ethyl adjacent to an activating group) is 1. The molecule has 0 amide bonds. The Morgan fingerprint density at radius 1 is 1.36 bits per heavy atom. The van der Waals surface area contributed by atoms with Crippen molar-refractivity contribution in [2.75, 3.05) is 20.6 Å². The van der Waals surface area contributed by atoms with Crippen LogP contribution in [0.3, 0.4) is 0 Å². The SMILES string of the molecule is CN(C)CC(N)C1CC1.Cl.Cl. The highest BCUT2D eigenvalue weighted by Gasteiger charge is 2.28. The third kappa shape index (κ3) is 5.74. The number of hydrogen-bond donors (Lipinski definition) is 1. The molecule has 4 heteroatoms. The predicted molar refractivity (Wildman–Crippen MR) is 53.7 cm³/mol. The Labute approximate surface area is 81.3 Å². The Morgan fingerprint density at radius 2 is 1.82 bits per heavy atom. The summed E-state index contributed by atoms with van der Waals surface area (Å²) in [5, 5.41) is 0. The Bertz CT molecular complexity index is 94.4. The van der Waals surface area contributed by atoms with Gasteiger partial charge >= 0.3 is 0 Å². The maximum atomic E-state index is 5.84. The second-order valence-corrected chi connectivity index (χ2v) is 3.26. The van der Waals surface area contributed by atoms with E-state index in [-0.39, 0.29) is 24.8 Å². The number of rotatable bonds is 3. The fourth-order valence-electron chi connectivity index (χ4n) is 1.10. The fraction of sp³-hybridized carbons (Fsp3) is 1.00. The molecule has 1 aliphatic carbocycles. The maximum absolute atomic E-state index is 5.84. The van der Waals surface area contributed by atoms with E-state index in [0.29, 0.717) is 6.04 Å². The molecule has 1 rings (SSSR count). The Balaban J connectivity index is 0. The summed E-state index contributed by atoms with van der Waals surface area (Å²) in [5.41, 5.74) is 5.84. The molecule has 11 heavy (non-hydrogen) atoms. The minimum atomic E-state index is 0. The van der Waals surface area contributed by atoms with Crippen molar-refractivity contribution < 1.29 is 0 Å². The molecule has 2 nitrogen and oxygen atoms in total. The van der Waals surface area contributed by atoms with Crippen LogP contribution < -0.4 is 5.73 Å². The monoisotopic (exact) mass is 200 g/mol. The lowest BCUT2D eigenvalue weighted by Gasteiger charge is -2.15. The highest BCUT2D eigenvalue weighted by atomic mass is 35.5. The molecule has 1 aliphatic rings. The molecule has 0 heterocycles. The van der Waals surface area contributed by atoms with Crippen LogP contribution in [0.25, 0.3) is 0 Å². The van der Waals surface area contributed by atoms with Gasteiger partial charge in [-0.1, -0.05) is 0 Å². The van der Waals surface area contributed by atoms with Crippen LogP contribution in [0.15, 0.2) is 0 Å². The van der Waals surface area contributed by atoms with Crippen molar-refractivity contribution in [2.24, 2.45) is 11.7 Å². The summed E-state index contributed by atoms with van der Waals surface area (Å²) in [6.45, 7) is 1.05. The van der Waals surface area contributed by atoms with Gasteiger partial charge in [-0.3, -0.25) is 0 Å². The molecular formula is C7H18Cl2N2. The zero-order valence-corrected chi connectivity index (χ0v) is 8.75. The Hall–Kier alpha value is 0.500. The van der Waals surface area contributed by atoms with Gasteiger partial charge in [0.2, 0.25) is 0 Å². The molecule has 0 saturated heterocycles. The van der Waals surface area contributed by atoms with E-state index in [1.165, 1.54) is 12.8 Å². The second kappa shape index (κ2) is 6.06. The van der Waals surface area contributed by atoms with E-state index in [1.54, 1.807) is 0 Å². The molecular weight excluding hydrogens is 183 g/mol. The van der Waals surface area contributed by atoms with Crippen LogP contribution in [-0.2, 0) is 0 Å². The van der Waals surface area contributed by atoms with Gasteiger partial charge in [-0.15, -0.1) is 24.8 Å². The minimum Gasteiger partial charge on any atom is -0.326 e. The van der Waals surface area contributed by atoms with Crippen molar-refractivity contribution in [3.05, 3.63) is 0 Å². The molecule has 0 aromatic rings. The largest absolute Gasteiger partial charge is 0.326 e. The highest BCUT2D eigenvalue weighted by molar-refractivity contribution is 5.85. The number of nitrogens with zero attached hydrogens (tertiary/aromatic N) is 1. The quantitative estimate of drug-likeness (QED) is 0.741. The summed E-state index contributed by atoms with van der Waals surface area (Å²) in [4.78, 5) is 2.16. The van der Waals surface area contributed by atoms with Crippen molar-refractivity contribution in [3.8, 4) is 0 Å². The third-order valence-corrected chi connectivity index (χ3v) is 1.80. The van der Waals surface area contributed by atoms with Gasteiger partial charge in [-0.05, 0) is 32.9 Å². The van der Waals surface area contributed by atoms with Gasteiger partial charge in [0.1, 0.15) is 0 Å². The normalized spacial score (nSPS) is 18.5. The molecule has 70 valence electrons. The molecule has 1 atom stereocenters. The van der Waals surface area contributed by atoms with Gasteiger partial charge < -0.3 is 10.6 Å². The molecule has 0 radical (unpaired) electrons. The summed E-state index contributed by atoms with van der Waals surface area (Å²) in [5.74, 6) is 0.840. The molecule has 2 N–H and O–H groups in total. The molecule has 1 unspecified atom stereocenters. The number of hydrogen-bond acceptors (Lipinski definition) is 2. The van der Waals surface area contributed by atoms with Crippen LogP contribution in [0.5, 0.6) is 0 Å². The molecule has 1 saturated carbocycles. The molecule has 1 fully saturated rings. The lowest BCUT2D eigenvalue weighted by atomic mass is 10.2. The van der Waals surface area contributed by atoms with E-state index in [4.69, 9.17) is 5.73 Å². The summed E-state index contributed by atoms with van der Waals surface area (Å²) >= 11 is 0. The van der Waals surface area contributed by atoms with Gasteiger partial charge in [-0.25, -0.2) is 0 Å². The van der Waals surface area contributed by atoms with E-state index in [1.807, 2.05) is 0 Å². The summed E-state index contributed by atoms with van der Waals surface area (Å²) in [7, 11) is 4.14. The first kappa shape index (κ1) is 14.0. The van der Waals surface area contributed by atoms with Gasteiger partial charge in [0, 0.05) is 12.6 Å². The predicted octanol–water partition coefficient (Wildman–Crippen LogP) is 1.13. The van der Waals surface area contributed by atoms with E-state index >= 15 is 0 Å². The highest BCUT2D eigenvalue weighted by Crippen LogP contribution is 2.31. The zero-order valence-electron chi connectivity index (χ0n) is 7.12.